The summed E-state index contributed by atoms with van der Waals surface area (Å²) in [4.78, 5) is 28.3. The summed E-state index contributed by atoms with van der Waals surface area (Å²) in [7, 11) is -0.875. The number of hydrogen-bond donors (Lipinski definition) is 0. The number of carbonyl (C=O) groups is 2. The van der Waals surface area contributed by atoms with Crippen molar-refractivity contribution in [2.75, 3.05) is 7.11 Å². The molecular formula is C35H24CrNO6P+. The van der Waals surface area contributed by atoms with E-state index in [4.69, 9.17) is 18.5 Å². The summed E-state index contributed by atoms with van der Waals surface area (Å²) in [5, 5.41) is 1.06. The molecule has 0 atom stereocenters. The van der Waals surface area contributed by atoms with E-state index in [0.29, 0.717) is 17.2 Å². The number of fused-ring (bicyclic) bond motifs is 1. The molecule has 0 unspecified atom stereocenters. The molecule has 5 radical (unpaired) electrons. The number of imide groups is 1. The van der Waals surface area contributed by atoms with Gasteiger partial charge >= 0.3 is 33.9 Å². The first-order valence-corrected chi connectivity index (χ1v) is 14.4. The smallest absolute Gasteiger partial charge is 0 e. The van der Waals surface area contributed by atoms with Crippen molar-refractivity contribution < 1.29 is 45.4 Å². The first-order chi connectivity index (χ1) is 21.1. The number of amides is 2. The van der Waals surface area contributed by atoms with Crippen LogP contribution >= 0.6 is 7.49 Å². The van der Waals surface area contributed by atoms with Crippen LogP contribution in [0.15, 0.2) is 115 Å². The largest absolute Gasteiger partial charge is 0 e. The molecule has 9 heteroatoms. The van der Waals surface area contributed by atoms with Crippen LogP contribution in [0.25, 0.3) is 0 Å². The maximum atomic E-state index is 13.5. The van der Waals surface area contributed by atoms with Crippen molar-refractivity contribution in [1.29, 1.82) is 0 Å². The summed E-state index contributed by atoms with van der Waals surface area (Å²) in [5.74, 6) is -0.628. The number of nitrogens with zero attached hydrogens (tertiary/aromatic N) is 1. The van der Waals surface area contributed by atoms with Crippen LogP contribution in [0.2, 0.25) is 0 Å². The molecule has 0 aliphatic carbocycles. The number of carbonyl (C=O) groups excluding carboxylic acids is 2. The van der Waals surface area contributed by atoms with Crippen LogP contribution in [0, 0.1) is 50.2 Å². The molecular weight excluding hydrogens is 613 g/mol. The molecule has 0 spiro atoms. The van der Waals surface area contributed by atoms with Gasteiger partial charge < -0.3 is 0 Å². The summed E-state index contributed by atoms with van der Waals surface area (Å²) >= 11 is 0. The molecule has 215 valence electrons. The van der Waals surface area contributed by atoms with Gasteiger partial charge in [0.25, 0.3) is 11.8 Å². The molecule has 2 aliphatic rings. The van der Waals surface area contributed by atoms with E-state index in [1.165, 1.54) is 4.90 Å². The SMILES string of the molecule is CO[P+]1(c2ccccc2)[C](c2ccccc2)[CH][C](N2C(=O)c3ccccc3C2=O)[CH][C]1c1ccccc1.[C-]#[O+].[C-]#[O+].[C-]#[O+].[Cr]. The zero-order valence-corrected chi connectivity index (χ0v) is 25.5. The van der Waals surface area contributed by atoms with Crippen molar-refractivity contribution in [2.24, 2.45) is 0 Å². The van der Waals surface area contributed by atoms with Gasteiger partial charge in [0.1, 0.15) is 5.30 Å². The standard InChI is InChI=1S/C32H24NO3P.3CO.Cr/c1-36-37(26-17-9-4-10-18-26)29(23-13-5-2-6-14-23)21-25(22-30(37)24-15-7-3-8-16-24)33-31(34)27-19-11-12-20-28(27)32(33)35;3*1-2;/h2-22H,1H3;;;;/q+1;;;;. The number of rotatable bonds is 5. The topological polar surface area (TPSA) is 106 Å². The zero-order valence-electron chi connectivity index (χ0n) is 23.4. The van der Waals surface area contributed by atoms with E-state index in [0.717, 1.165) is 27.7 Å². The van der Waals surface area contributed by atoms with E-state index in [1.54, 1.807) is 31.4 Å². The molecule has 7 nitrogen and oxygen atoms in total. The minimum atomic E-state index is -2.63. The Balaban J connectivity index is 0.000000911. The monoisotopic (exact) mass is 637 g/mol. The van der Waals surface area contributed by atoms with Crippen LogP contribution in [-0.2, 0) is 35.8 Å². The second-order valence-corrected chi connectivity index (χ2v) is 11.9. The van der Waals surface area contributed by atoms with E-state index in [-0.39, 0.29) is 29.2 Å². The summed E-state index contributed by atoms with van der Waals surface area (Å²) in [6, 6.07) is 37.9. The maximum Gasteiger partial charge on any atom is 0 e. The van der Waals surface area contributed by atoms with Crippen molar-refractivity contribution in [1.82, 2.24) is 4.90 Å². The second-order valence-electron chi connectivity index (χ2n) is 8.83. The van der Waals surface area contributed by atoms with Gasteiger partial charge in [-0.1, -0.05) is 91.0 Å². The van der Waals surface area contributed by atoms with Crippen LogP contribution in [0.3, 0.4) is 0 Å². The van der Waals surface area contributed by atoms with E-state index in [1.807, 2.05) is 67.4 Å². The van der Waals surface area contributed by atoms with Gasteiger partial charge in [-0.3, -0.25) is 14.5 Å². The Hall–Kier alpha value is -3.84. The molecule has 0 N–H and O–H groups in total. The first kappa shape index (κ1) is 36.4. The third kappa shape index (κ3) is 6.78. The van der Waals surface area contributed by atoms with Gasteiger partial charge in [-0.15, -0.1) is 0 Å². The predicted molar refractivity (Wildman–Crippen MR) is 158 cm³/mol. The molecule has 6 rings (SSSR count). The van der Waals surface area contributed by atoms with Gasteiger partial charge in [0.2, 0.25) is 7.49 Å². The predicted octanol–water partition coefficient (Wildman–Crippen LogP) is 6.19. The van der Waals surface area contributed by atoms with E-state index < -0.39 is 7.49 Å². The normalized spacial score (nSPS) is 15.5. The quantitative estimate of drug-likeness (QED) is 0.113. The summed E-state index contributed by atoms with van der Waals surface area (Å²) in [6.07, 6.45) is 3.93. The summed E-state index contributed by atoms with van der Waals surface area (Å²) < 4.78 is 29.1. The fourth-order valence-corrected chi connectivity index (χ4v) is 8.82. The Bertz CT molecular complexity index is 1480. The third-order valence-electron chi connectivity index (χ3n) is 6.83. The molecule has 44 heavy (non-hydrogen) atoms. The minimum absolute atomic E-state index is 0. The Morgan fingerprint density at radius 2 is 0.909 bits per heavy atom. The van der Waals surface area contributed by atoms with Crippen LogP contribution in [-0.4, -0.2) is 23.8 Å². The Morgan fingerprint density at radius 3 is 1.27 bits per heavy atom. The fraction of sp³-hybridized carbons (Fsp3) is 0.0286. The van der Waals surface area contributed by atoms with Gasteiger partial charge in [-0.05, 0) is 24.3 Å². The van der Waals surface area contributed by atoms with Crippen molar-refractivity contribution in [2.45, 2.75) is 0 Å². The van der Waals surface area contributed by atoms with Gasteiger partial charge in [0.05, 0.1) is 24.3 Å². The van der Waals surface area contributed by atoms with E-state index in [9.17, 15) is 9.59 Å². The summed E-state index contributed by atoms with van der Waals surface area (Å²) in [5.41, 5.74) is 4.72. The molecule has 2 aliphatic heterocycles. The molecule has 2 heterocycles. The van der Waals surface area contributed by atoms with Gasteiger partial charge in [-0.2, -0.15) is 0 Å². The van der Waals surface area contributed by atoms with Crippen molar-refractivity contribution in [3.05, 3.63) is 188 Å². The van der Waals surface area contributed by atoms with Gasteiger partial charge in [0, 0.05) is 41.3 Å². The van der Waals surface area contributed by atoms with Crippen molar-refractivity contribution in [3.63, 3.8) is 0 Å². The van der Waals surface area contributed by atoms with E-state index in [2.05, 4.69) is 56.3 Å². The molecule has 2 amide bonds. The fourth-order valence-electron chi connectivity index (χ4n) is 5.15. The van der Waals surface area contributed by atoms with Crippen molar-refractivity contribution in [3.8, 4) is 0 Å². The molecule has 0 saturated carbocycles. The molecule has 4 aromatic rings. The van der Waals surface area contributed by atoms with E-state index >= 15 is 0 Å². The Kier molecular flexibility index (Phi) is 14.4. The minimum Gasteiger partial charge on any atom is 0 e. The van der Waals surface area contributed by atoms with Gasteiger partial charge in [0.15, 0.2) is 11.3 Å². The molecule has 0 aromatic heterocycles. The third-order valence-corrected chi connectivity index (χ3v) is 10.5. The average molecular weight is 638 g/mol. The first-order valence-electron chi connectivity index (χ1n) is 12.7. The van der Waals surface area contributed by atoms with Gasteiger partial charge in [-0.25, -0.2) is 4.52 Å². The summed E-state index contributed by atoms with van der Waals surface area (Å²) in [6.45, 7) is 13.5. The molecule has 0 bridgehead atoms. The average Bonchev–Trinajstić information content (AvgIpc) is 3.37. The Labute approximate surface area is 269 Å². The molecule has 1 fully saturated rings. The van der Waals surface area contributed by atoms with Crippen molar-refractivity contribution >= 4 is 24.6 Å². The van der Waals surface area contributed by atoms with Crippen LogP contribution < -0.4 is 5.30 Å². The number of benzene rings is 4. The number of hydrogen-bond acceptors (Lipinski definition) is 3. The van der Waals surface area contributed by atoms with Crippen LogP contribution in [0.1, 0.15) is 31.8 Å². The molecule has 4 aromatic carbocycles. The Morgan fingerprint density at radius 1 is 0.568 bits per heavy atom. The molecule has 1 saturated heterocycles. The van der Waals surface area contributed by atoms with Crippen LogP contribution in [0.4, 0.5) is 0 Å². The van der Waals surface area contributed by atoms with Crippen LogP contribution in [0.5, 0.6) is 0 Å². The maximum absolute atomic E-state index is 13.5. The zero-order chi connectivity index (χ0) is 31.4. The second kappa shape index (κ2) is 17.5.